The Labute approximate surface area is 136 Å². The predicted octanol–water partition coefficient (Wildman–Crippen LogP) is 7.54. The van der Waals surface area contributed by atoms with Crippen molar-refractivity contribution in [3.63, 3.8) is 0 Å². The maximum absolute atomic E-state index is 2.49. The maximum atomic E-state index is 2.49. The molecule has 0 fully saturated rings. The highest BCUT2D eigenvalue weighted by molar-refractivity contribution is 14.1. The first-order valence-corrected chi connectivity index (χ1v) is 10.4. The first-order valence-electron chi connectivity index (χ1n) is 8.83. The van der Waals surface area contributed by atoms with Crippen molar-refractivity contribution in [2.45, 2.75) is 104 Å². The molecule has 0 saturated carbocycles. The minimum atomic E-state index is 0.900. The van der Waals surface area contributed by atoms with Gasteiger partial charge in [0.15, 0.2) is 0 Å². The Morgan fingerprint density at radius 1 is 0.526 bits per heavy atom. The van der Waals surface area contributed by atoms with Crippen LogP contribution in [0.2, 0.25) is 0 Å². The van der Waals surface area contributed by atoms with Gasteiger partial charge in [0.05, 0.1) is 0 Å². The van der Waals surface area contributed by atoms with Crippen LogP contribution < -0.4 is 0 Å². The molecule has 0 heterocycles. The standard InChI is InChI=1S/C18H37I/c1-18(2)16-14-12-10-8-6-4-3-5-7-9-11-13-15-17-19/h18H,3-17H2,1-2H3. The Bertz CT molecular complexity index is 154. The van der Waals surface area contributed by atoms with Gasteiger partial charge in [0.1, 0.15) is 0 Å². The molecule has 0 bridgehead atoms. The zero-order chi connectivity index (χ0) is 14.2. The van der Waals surface area contributed by atoms with Gasteiger partial charge >= 0.3 is 0 Å². The van der Waals surface area contributed by atoms with Gasteiger partial charge in [-0.15, -0.1) is 0 Å². The van der Waals surface area contributed by atoms with E-state index in [-0.39, 0.29) is 0 Å². The van der Waals surface area contributed by atoms with Gasteiger partial charge in [-0.3, -0.25) is 0 Å². The van der Waals surface area contributed by atoms with Crippen molar-refractivity contribution in [2.24, 2.45) is 5.92 Å². The molecule has 0 aromatic rings. The zero-order valence-corrected chi connectivity index (χ0v) is 15.7. The topological polar surface area (TPSA) is 0 Å². The molecule has 0 radical (unpaired) electrons. The molecule has 0 amide bonds. The lowest BCUT2D eigenvalue weighted by Gasteiger charge is -2.04. The summed E-state index contributed by atoms with van der Waals surface area (Å²) in [4.78, 5) is 0. The highest BCUT2D eigenvalue weighted by Crippen LogP contribution is 2.14. The highest BCUT2D eigenvalue weighted by Gasteiger charge is 1.95. The summed E-state index contributed by atoms with van der Waals surface area (Å²) in [5, 5.41) is 0. The van der Waals surface area contributed by atoms with Gasteiger partial charge in [-0.2, -0.15) is 0 Å². The Kier molecular flexibility index (Phi) is 17.4. The van der Waals surface area contributed by atoms with E-state index >= 15 is 0 Å². The minimum absolute atomic E-state index is 0.900. The summed E-state index contributed by atoms with van der Waals surface area (Å²) in [6, 6.07) is 0. The summed E-state index contributed by atoms with van der Waals surface area (Å²) in [5.74, 6) is 0.900. The van der Waals surface area contributed by atoms with E-state index in [0.717, 1.165) is 5.92 Å². The normalized spacial score (nSPS) is 11.4. The van der Waals surface area contributed by atoms with Crippen LogP contribution in [0.3, 0.4) is 0 Å². The molecule has 1 heteroatoms. The van der Waals surface area contributed by atoms with Crippen molar-refractivity contribution < 1.29 is 0 Å². The first-order chi connectivity index (χ1) is 9.27. The first kappa shape index (κ1) is 19.7. The van der Waals surface area contributed by atoms with E-state index in [1.807, 2.05) is 0 Å². The second-order valence-corrected chi connectivity index (χ2v) is 7.55. The summed E-state index contributed by atoms with van der Waals surface area (Å²) in [6.45, 7) is 4.67. The molecule has 0 rings (SSSR count). The molecule has 0 aromatic heterocycles. The minimum Gasteiger partial charge on any atom is -0.0864 e. The molecule has 0 aliphatic rings. The predicted molar refractivity (Wildman–Crippen MR) is 98.4 cm³/mol. The Hall–Kier alpha value is 0.730. The van der Waals surface area contributed by atoms with Crippen molar-refractivity contribution in [1.29, 1.82) is 0 Å². The van der Waals surface area contributed by atoms with Crippen LogP contribution in [0.1, 0.15) is 104 Å². The van der Waals surface area contributed by atoms with Crippen LogP contribution in [0.5, 0.6) is 0 Å². The third kappa shape index (κ3) is 18.7. The van der Waals surface area contributed by atoms with E-state index in [1.54, 1.807) is 0 Å². The third-order valence-electron chi connectivity index (χ3n) is 3.92. The second kappa shape index (κ2) is 16.8. The highest BCUT2D eigenvalue weighted by atomic mass is 127. The van der Waals surface area contributed by atoms with Gasteiger partial charge in [-0.1, -0.05) is 120 Å². The van der Waals surface area contributed by atoms with Gasteiger partial charge in [0.25, 0.3) is 0 Å². The number of rotatable bonds is 15. The average molecular weight is 380 g/mol. The number of hydrogen-bond donors (Lipinski definition) is 0. The van der Waals surface area contributed by atoms with E-state index in [9.17, 15) is 0 Å². The van der Waals surface area contributed by atoms with Crippen LogP contribution in [0.4, 0.5) is 0 Å². The molecular weight excluding hydrogens is 343 g/mol. The molecular formula is C18H37I. The van der Waals surface area contributed by atoms with E-state index in [0.29, 0.717) is 0 Å². The van der Waals surface area contributed by atoms with Crippen molar-refractivity contribution >= 4 is 22.6 Å². The molecule has 19 heavy (non-hydrogen) atoms. The number of alkyl halides is 1. The summed E-state index contributed by atoms with van der Waals surface area (Å²) in [5.41, 5.74) is 0. The summed E-state index contributed by atoms with van der Waals surface area (Å²) in [6.07, 6.45) is 20.6. The maximum Gasteiger partial charge on any atom is -0.000473 e. The van der Waals surface area contributed by atoms with Gasteiger partial charge in [0.2, 0.25) is 0 Å². The molecule has 0 aliphatic carbocycles. The molecule has 0 spiro atoms. The van der Waals surface area contributed by atoms with E-state index in [1.165, 1.54) is 94.3 Å². The molecule has 0 aromatic carbocycles. The lowest BCUT2D eigenvalue weighted by molar-refractivity contribution is 0.503. The third-order valence-corrected chi connectivity index (χ3v) is 4.68. The Morgan fingerprint density at radius 2 is 0.842 bits per heavy atom. The summed E-state index contributed by atoms with van der Waals surface area (Å²) >= 11 is 2.49. The lowest BCUT2D eigenvalue weighted by Crippen LogP contribution is -1.87. The Morgan fingerprint density at radius 3 is 1.16 bits per heavy atom. The van der Waals surface area contributed by atoms with Gasteiger partial charge in [-0.25, -0.2) is 0 Å². The molecule has 0 atom stereocenters. The van der Waals surface area contributed by atoms with Crippen molar-refractivity contribution in [1.82, 2.24) is 0 Å². The largest absolute Gasteiger partial charge is 0.0864 e. The molecule has 0 unspecified atom stereocenters. The van der Waals surface area contributed by atoms with E-state index < -0.39 is 0 Å². The molecule has 0 aliphatic heterocycles. The van der Waals surface area contributed by atoms with Crippen LogP contribution in [0.25, 0.3) is 0 Å². The van der Waals surface area contributed by atoms with Crippen LogP contribution >= 0.6 is 22.6 Å². The smallest absolute Gasteiger partial charge is 0.000473 e. The van der Waals surface area contributed by atoms with Crippen LogP contribution in [0.15, 0.2) is 0 Å². The molecule has 0 saturated heterocycles. The number of hydrogen-bond acceptors (Lipinski definition) is 0. The SMILES string of the molecule is CC(C)CCCCCCCCCCCCCCCI. The van der Waals surface area contributed by atoms with Crippen LogP contribution in [-0.4, -0.2) is 4.43 Å². The lowest BCUT2D eigenvalue weighted by atomic mass is 10.0. The second-order valence-electron chi connectivity index (χ2n) is 6.47. The fourth-order valence-corrected chi connectivity index (χ4v) is 3.13. The fraction of sp³-hybridized carbons (Fsp3) is 1.00. The van der Waals surface area contributed by atoms with Crippen LogP contribution in [-0.2, 0) is 0 Å². The quantitative estimate of drug-likeness (QED) is 0.156. The van der Waals surface area contributed by atoms with E-state index in [2.05, 4.69) is 36.4 Å². The van der Waals surface area contributed by atoms with Crippen molar-refractivity contribution in [3.8, 4) is 0 Å². The summed E-state index contributed by atoms with van der Waals surface area (Å²) < 4.78 is 1.34. The van der Waals surface area contributed by atoms with Crippen molar-refractivity contribution in [3.05, 3.63) is 0 Å². The number of halogens is 1. The van der Waals surface area contributed by atoms with Gasteiger partial charge < -0.3 is 0 Å². The molecule has 116 valence electrons. The fourth-order valence-electron chi connectivity index (χ4n) is 2.59. The van der Waals surface area contributed by atoms with Gasteiger partial charge in [0, 0.05) is 0 Å². The monoisotopic (exact) mass is 380 g/mol. The zero-order valence-electron chi connectivity index (χ0n) is 13.6. The van der Waals surface area contributed by atoms with Crippen molar-refractivity contribution in [2.75, 3.05) is 4.43 Å². The number of unbranched alkanes of at least 4 members (excludes halogenated alkanes) is 12. The van der Waals surface area contributed by atoms with Crippen LogP contribution in [0, 0.1) is 5.92 Å². The average Bonchev–Trinajstić information content (AvgIpc) is 2.39. The molecule has 0 N–H and O–H groups in total. The van der Waals surface area contributed by atoms with E-state index in [4.69, 9.17) is 0 Å². The van der Waals surface area contributed by atoms with Gasteiger partial charge in [-0.05, 0) is 16.8 Å². The summed E-state index contributed by atoms with van der Waals surface area (Å²) in [7, 11) is 0. The molecule has 0 nitrogen and oxygen atoms in total. The Balaban J connectivity index is 2.91.